The number of aliphatic hydroxyl groups is 1. The van der Waals surface area contributed by atoms with Crippen LogP contribution >= 0.6 is 11.6 Å². The van der Waals surface area contributed by atoms with Crippen molar-refractivity contribution in [1.82, 2.24) is 4.98 Å². The standard InChI is InChI=1S/C11H15ClN2O/c12-10-3-4-11(13-6-10)14-5-1-2-9(7-14)8-15/h3-4,6,9,15H,1-2,5,7-8H2. The lowest BCUT2D eigenvalue weighted by atomic mass is 9.99. The molecule has 1 N–H and O–H groups in total. The van der Waals surface area contributed by atoms with E-state index in [1.165, 1.54) is 0 Å². The topological polar surface area (TPSA) is 36.4 Å². The van der Waals surface area contributed by atoms with Crippen molar-refractivity contribution < 1.29 is 5.11 Å². The molecule has 1 fully saturated rings. The summed E-state index contributed by atoms with van der Waals surface area (Å²) in [6.07, 6.45) is 3.90. The lowest BCUT2D eigenvalue weighted by molar-refractivity contribution is 0.208. The third-order valence-electron chi connectivity index (χ3n) is 2.81. The number of aliphatic hydroxyl groups excluding tert-OH is 1. The van der Waals surface area contributed by atoms with Crippen LogP contribution in [0.15, 0.2) is 18.3 Å². The maximum absolute atomic E-state index is 9.13. The van der Waals surface area contributed by atoms with E-state index in [0.29, 0.717) is 10.9 Å². The summed E-state index contributed by atoms with van der Waals surface area (Å²) in [5, 5.41) is 9.79. The van der Waals surface area contributed by atoms with E-state index in [0.717, 1.165) is 31.7 Å². The molecule has 0 spiro atoms. The highest BCUT2D eigenvalue weighted by molar-refractivity contribution is 6.30. The number of hydrogen-bond acceptors (Lipinski definition) is 3. The Morgan fingerprint density at radius 1 is 1.53 bits per heavy atom. The van der Waals surface area contributed by atoms with Gasteiger partial charge in [0.15, 0.2) is 0 Å². The second-order valence-corrected chi connectivity index (χ2v) is 4.41. The molecule has 1 unspecified atom stereocenters. The molecule has 0 amide bonds. The second-order valence-electron chi connectivity index (χ2n) is 3.97. The molecule has 1 aliphatic rings. The first-order chi connectivity index (χ1) is 7.29. The maximum atomic E-state index is 9.13. The molecule has 0 radical (unpaired) electrons. The van der Waals surface area contributed by atoms with E-state index in [2.05, 4.69) is 9.88 Å². The third kappa shape index (κ3) is 2.61. The summed E-state index contributed by atoms with van der Waals surface area (Å²) in [5.41, 5.74) is 0. The van der Waals surface area contributed by atoms with Crippen LogP contribution in [0.3, 0.4) is 0 Å². The van der Waals surface area contributed by atoms with Crippen molar-refractivity contribution >= 4 is 17.4 Å². The van der Waals surface area contributed by atoms with Crippen LogP contribution in [0.1, 0.15) is 12.8 Å². The van der Waals surface area contributed by atoms with Gasteiger partial charge in [0.05, 0.1) is 5.02 Å². The maximum Gasteiger partial charge on any atom is 0.128 e. The minimum absolute atomic E-state index is 0.268. The molecule has 0 bridgehead atoms. The van der Waals surface area contributed by atoms with Crippen molar-refractivity contribution in [2.75, 3.05) is 24.6 Å². The number of aromatic nitrogens is 1. The number of hydrogen-bond donors (Lipinski definition) is 1. The molecule has 1 aliphatic heterocycles. The van der Waals surface area contributed by atoms with Crippen LogP contribution < -0.4 is 4.90 Å². The SMILES string of the molecule is OCC1CCCN(c2ccc(Cl)cn2)C1. The lowest BCUT2D eigenvalue weighted by Gasteiger charge is -2.32. The van der Waals surface area contributed by atoms with Crippen LogP contribution in [-0.2, 0) is 0 Å². The molecule has 1 saturated heterocycles. The van der Waals surface area contributed by atoms with Gasteiger partial charge in [0.1, 0.15) is 5.82 Å². The van der Waals surface area contributed by atoms with E-state index >= 15 is 0 Å². The molecule has 82 valence electrons. The van der Waals surface area contributed by atoms with Gasteiger partial charge >= 0.3 is 0 Å². The Bertz CT molecular complexity index is 315. The van der Waals surface area contributed by atoms with Gasteiger partial charge in [-0.25, -0.2) is 4.98 Å². The van der Waals surface area contributed by atoms with E-state index < -0.39 is 0 Å². The van der Waals surface area contributed by atoms with Crippen molar-refractivity contribution in [3.8, 4) is 0 Å². The van der Waals surface area contributed by atoms with E-state index in [1.807, 2.05) is 12.1 Å². The number of halogens is 1. The van der Waals surface area contributed by atoms with Crippen LogP contribution in [0.5, 0.6) is 0 Å². The van der Waals surface area contributed by atoms with E-state index in [9.17, 15) is 0 Å². The normalized spacial score (nSPS) is 21.7. The first-order valence-corrected chi connectivity index (χ1v) is 5.65. The highest BCUT2D eigenvalue weighted by Crippen LogP contribution is 2.21. The van der Waals surface area contributed by atoms with Gasteiger partial charge in [-0.2, -0.15) is 0 Å². The molecule has 0 aliphatic carbocycles. The van der Waals surface area contributed by atoms with Crippen molar-refractivity contribution in [2.24, 2.45) is 5.92 Å². The minimum Gasteiger partial charge on any atom is -0.396 e. The zero-order valence-electron chi connectivity index (χ0n) is 8.56. The Morgan fingerprint density at radius 2 is 2.40 bits per heavy atom. The van der Waals surface area contributed by atoms with Crippen LogP contribution in [0.25, 0.3) is 0 Å². The Kier molecular flexibility index (Phi) is 3.44. The monoisotopic (exact) mass is 226 g/mol. The highest BCUT2D eigenvalue weighted by atomic mass is 35.5. The van der Waals surface area contributed by atoms with Crippen LogP contribution in [0, 0.1) is 5.92 Å². The second kappa shape index (κ2) is 4.81. The van der Waals surface area contributed by atoms with Gasteiger partial charge in [-0.1, -0.05) is 11.6 Å². The molecule has 0 saturated carbocycles. The fraction of sp³-hybridized carbons (Fsp3) is 0.545. The summed E-state index contributed by atoms with van der Waals surface area (Å²) in [7, 11) is 0. The molecule has 4 heteroatoms. The van der Waals surface area contributed by atoms with Crippen LogP contribution in [-0.4, -0.2) is 29.8 Å². The predicted octanol–water partition coefficient (Wildman–Crippen LogP) is 1.94. The van der Waals surface area contributed by atoms with E-state index in [4.69, 9.17) is 16.7 Å². The number of nitrogens with zero attached hydrogens (tertiary/aromatic N) is 2. The molecule has 3 nitrogen and oxygen atoms in total. The van der Waals surface area contributed by atoms with Gasteiger partial charge in [0, 0.05) is 25.9 Å². The number of rotatable bonds is 2. The zero-order chi connectivity index (χ0) is 10.7. The van der Waals surface area contributed by atoms with Crippen molar-refractivity contribution in [3.05, 3.63) is 23.4 Å². The number of anilines is 1. The van der Waals surface area contributed by atoms with Gasteiger partial charge in [-0.05, 0) is 30.9 Å². The van der Waals surface area contributed by atoms with Gasteiger partial charge < -0.3 is 10.0 Å². The van der Waals surface area contributed by atoms with Gasteiger partial charge in [-0.15, -0.1) is 0 Å². The van der Waals surface area contributed by atoms with Gasteiger partial charge in [-0.3, -0.25) is 0 Å². The van der Waals surface area contributed by atoms with Gasteiger partial charge in [0.2, 0.25) is 0 Å². The molecule has 1 aromatic rings. The zero-order valence-corrected chi connectivity index (χ0v) is 9.32. The average molecular weight is 227 g/mol. The first kappa shape index (κ1) is 10.7. The minimum atomic E-state index is 0.268. The molecular weight excluding hydrogens is 212 g/mol. The first-order valence-electron chi connectivity index (χ1n) is 5.27. The number of piperidine rings is 1. The van der Waals surface area contributed by atoms with Gasteiger partial charge in [0.25, 0.3) is 0 Å². The molecule has 0 aromatic carbocycles. The Labute approximate surface area is 94.7 Å². The summed E-state index contributed by atoms with van der Waals surface area (Å²) < 4.78 is 0. The molecule has 2 heterocycles. The molecule has 15 heavy (non-hydrogen) atoms. The highest BCUT2D eigenvalue weighted by Gasteiger charge is 2.19. The molecule has 1 aromatic heterocycles. The fourth-order valence-corrected chi connectivity index (χ4v) is 2.09. The fourth-order valence-electron chi connectivity index (χ4n) is 1.98. The largest absolute Gasteiger partial charge is 0.396 e. The van der Waals surface area contributed by atoms with E-state index in [1.54, 1.807) is 6.20 Å². The van der Waals surface area contributed by atoms with Crippen LogP contribution in [0.2, 0.25) is 5.02 Å². The van der Waals surface area contributed by atoms with Crippen molar-refractivity contribution in [3.63, 3.8) is 0 Å². The summed E-state index contributed by atoms with van der Waals surface area (Å²) in [5.74, 6) is 1.34. The van der Waals surface area contributed by atoms with Crippen molar-refractivity contribution in [2.45, 2.75) is 12.8 Å². The Balaban J connectivity index is 2.06. The summed E-state index contributed by atoms with van der Waals surface area (Å²) in [6.45, 7) is 2.18. The van der Waals surface area contributed by atoms with Crippen molar-refractivity contribution in [1.29, 1.82) is 0 Å². The summed E-state index contributed by atoms with van der Waals surface area (Å²) >= 11 is 5.79. The van der Waals surface area contributed by atoms with Crippen LogP contribution in [0.4, 0.5) is 5.82 Å². The smallest absolute Gasteiger partial charge is 0.128 e. The number of pyridine rings is 1. The quantitative estimate of drug-likeness (QED) is 0.838. The summed E-state index contributed by atoms with van der Waals surface area (Å²) in [6, 6.07) is 3.79. The lowest BCUT2D eigenvalue weighted by Crippen LogP contribution is -2.37. The Hall–Kier alpha value is -0.800. The predicted molar refractivity (Wildman–Crippen MR) is 61.3 cm³/mol. The molecular formula is C11H15ClN2O. The molecule has 2 rings (SSSR count). The Morgan fingerprint density at radius 3 is 3.07 bits per heavy atom. The van der Waals surface area contributed by atoms with E-state index in [-0.39, 0.29) is 6.61 Å². The average Bonchev–Trinajstić information content (AvgIpc) is 2.30. The summed E-state index contributed by atoms with van der Waals surface area (Å²) in [4.78, 5) is 6.49. The third-order valence-corrected chi connectivity index (χ3v) is 3.04. The molecule has 1 atom stereocenters.